The number of hydrogen-bond donors (Lipinski definition) is 2. The molecule has 1 heterocycles. The fourth-order valence-corrected chi connectivity index (χ4v) is 2.97. The number of quaternary nitrogens is 1. The Morgan fingerprint density at radius 1 is 1.11 bits per heavy atom. The Labute approximate surface area is 110 Å². The minimum absolute atomic E-state index is 0.817. The summed E-state index contributed by atoms with van der Waals surface area (Å²) < 4.78 is 1.27. The van der Waals surface area contributed by atoms with Gasteiger partial charge in [0.1, 0.15) is 0 Å². The van der Waals surface area contributed by atoms with Gasteiger partial charge in [-0.3, -0.25) is 0 Å². The Morgan fingerprint density at radius 2 is 1.83 bits per heavy atom. The molecule has 0 unspecified atom stereocenters. The van der Waals surface area contributed by atoms with Gasteiger partial charge in [0.25, 0.3) is 0 Å². The molecule has 3 nitrogen and oxygen atoms in total. The maximum atomic E-state index is 5.96. The average Bonchev–Trinajstić information content (AvgIpc) is 2.76. The molecule has 1 aliphatic heterocycles. The van der Waals surface area contributed by atoms with Crippen LogP contribution >= 0.6 is 0 Å². The third kappa shape index (κ3) is 3.39. The van der Waals surface area contributed by atoms with Crippen LogP contribution in [0.2, 0.25) is 0 Å². The minimum atomic E-state index is 0.817. The van der Waals surface area contributed by atoms with Crippen molar-refractivity contribution in [3.63, 3.8) is 0 Å². The summed E-state index contributed by atoms with van der Waals surface area (Å²) >= 11 is 0. The van der Waals surface area contributed by atoms with Crippen LogP contribution in [-0.2, 0) is 6.42 Å². The fourth-order valence-electron chi connectivity index (χ4n) is 2.97. The number of benzene rings is 1. The number of unbranched alkanes of at least 4 members (excludes halogenated alkanes) is 1. The summed E-state index contributed by atoms with van der Waals surface area (Å²) in [6.07, 6.45) is 6.35. The van der Waals surface area contributed by atoms with Crippen LogP contribution in [0.4, 0.5) is 11.4 Å². The number of anilines is 2. The lowest BCUT2D eigenvalue weighted by atomic mass is 10.1. The number of aryl methyl sites for hydroxylation is 1. The van der Waals surface area contributed by atoms with Crippen LogP contribution in [0.1, 0.15) is 31.2 Å². The van der Waals surface area contributed by atoms with Crippen molar-refractivity contribution in [1.82, 2.24) is 0 Å². The standard InChI is InChI=1S/C15H26N3/c1-18(10-4-5-11-18)9-3-2-6-13-12-14(16)7-8-15(13)17/h7-8,12H,2-6,9-11,16-17H2,1H3/q+1. The summed E-state index contributed by atoms with van der Waals surface area (Å²) in [6.45, 7) is 4.03. The van der Waals surface area contributed by atoms with E-state index in [-0.39, 0.29) is 0 Å². The number of hydrogen-bond acceptors (Lipinski definition) is 2. The van der Waals surface area contributed by atoms with Gasteiger partial charge in [0.15, 0.2) is 0 Å². The van der Waals surface area contributed by atoms with Gasteiger partial charge in [0.05, 0.1) is 26.7 Å². The first-order chi connectivity index (χ1) is 8.59. The van der Waals surface area contributed by atoms with Crippen molar-refractivity contribution in [1.29, 1.82) is 0 Å². The molecule has 0 bridgehead atoms. The van der Waals surface area contributed by atoms with Gasteiger partial charge >= 0.3 is 0 Å². The van der Waals surface area contributed by atoms with Gasteiger partial charge in [-0.2, -0.15) is 0 Å². The highest BCUT2D eigenvalue weighted by Gasteiger charge is 2.25. The molecule has 1 fully saturated rings. The zero-order valence-corrected chi connectivity index (χ0v) is 11.5. The Morgan fingerprint density at radius 3 is 2.56 bits per heavy atom. The molecule has 0 aliphatic carbocycles. The highest BCUT2D eigenvalue weighted by Crippen LogP contribution is 2.20. The highest BCUT2D eigenvalue weighted by atomic mass is 15.3. The smallest absolute Gasteiger partial charge is 0.0786 e. The fraction of sp³-hybridized carbons (Fsp3) is 0.600. The molecule has 1 aliphatic rings. The van der Waals surface area contributed by atoms with Gasteiger partial charge < -0.3 is 16.0 Å². The molecular weight excluding hydrogens is 222 g/mol. The number of likely N-dealkylation sites (tertiary alicyclic amines) is 1. The zero-order valence-electron chi connectivity index (χ0n) is 11.5. The van der Waals surface area contributed by atoms with Crippen molar-refractivity contribution in [3.05, 3.63) is 23.8 Å². The predicted octanol–water partition coefficient (Wildman–Crippen LogP) is 2.41. The summed E-state index contributed by atoms with van der Waals surface area (Å²) in [4.78, 5) is 0. The molecule has 4 N–H and O–H groups in total. The van der Waals surface area contributed by atoms with Crippen molar-refractivity contribution in [2.24, 2.45) is 0 Å². The molecule has 1 aromatic rings. The van der Waals surface area contributed by atoms with Crippen LogP contribution in [0.5, 0.6) is 0 Å². The lowest BCUT2D eigenvalue weighted by Crippen LogP contribution is -2.41. The number of nitrogens with zero attached hydrogens (tertiary/aromatic N) is 1. The van der Waals surface area contributed by atoms with Gasteiger partial charge in [-0.25, -0.2) is 0 Å². The summed E-state index contributed by atoms with van der Waals surface area (Å²) in [6, 6.07) is 5.80. The van der Waals surface area contributed by atoms with Crippen LogP contribution in [0.15, 0.2) is 18.2 Å². The van der Waals surface area contributed by atoms with Crippen molar-refractivity contribution < 1.29 is 4.48 Å². The first-order valence-corrected chi connectivity index (χ1v) is 7.06. The summed E-state index contributed by atoms with van der Waals surface area (Å²) in [5, 5.41) is 0. The molecule has 100 valence electrons. The molecule has 0 saturated carbocycles. The lowest BCUT2D eigenvalue weighted by Gasteiger charge is -2.29. The molecule has 0 radical (unpaired) electrons. The van der Waals surface area contributed by atoms with Gasteiger partial charge in [0.2, 0.25) is 0 Å². The molecule has 1 saturated heterocycles. The predicted molar refractivity (Wildman–Crippen MR) is 78.2 cm³/mol. The van der Waals surface area contributed by atoms with Crippen molar-refractivity contribution in [3.8, 4) is 0 Å². The second-order valence-electron chi connectivity index (χ2n) is 5.91. The first kappa shape index (κ1) is 13.2. The highest BCUT2D eigenvalue weighted by molar-refractivity contribution is 5.55. The quantitative estimate of drug-likeness (QED) is 0.477. The van der Waals surface area contributed by atoms with Crippen molar-refractivity contribution in [2.75, 3.05) is 38.1 Å². The number of rotatable bonds is 5. The molecular formula is C15H26N3+. The molecule has 0 amide bonds. The Hall–Kier alpha value is -1.22. The van der Waals surface area contributed by atoms with Gasteiger partial charge in [0, 0.05) is 24.2 Å². The van der Waals surface area contributed by atoms with E-state index in [1.807, 2.05) is 18.2 Å². The first-order valence-electron chi connectivity index (χ1n) is 7.06. The monoisotopic (exact) mass is 248 g/mol. The molecule has 2 rings (SSSR count). The maximum absolute atomic E-state index is 5.96. The van der Waals surface area contributed by atoms with Crippen molar-refractivity contribution in [2.45, 2.75) is 32.1 Å². The van der Waals surface area contributed by atoms with E-state index >= 15 is 0 Å². The average molecular weight is 248 g/mol. The normalized spacial score (nSPS) is 18.1. The van der Waals surface area contributed by atoms with Gasteiger partial charge in [-0.1, -0.05) is 0 Å². The number of nitrogens with two attached hydrogens (primary N) is 2. The summed E-state index contributed by atoms with van der Waals surface area (Å²) in [5.41, 5.74) is 14.7. The van der Waals surface area contributed by atoms with Crippen LogP contribution < -0.4 is 11.5 Å². The van der Waals surface area contributed by atoms with Crippen LogP contribution in [-0.4, -0.2) is 31.2 Å². The summed E-state index contributed by atoms with van der Waals surface area (Å²) in [7, 11) is 2.39. The third-order valence-corrected chi connectivity index (χ3v) is 4.21. The van der Waals surface area contributed by atoms with Crippen LogP contribution in [0.3, 0.4) is 0 Å². The SMILES string of the molecule is C[N+]1(CCCCc2cc(N)ccc2N)CCCC1. The van der Waals surface area contributed by atoms with E-state index in [4.69, 9.17) is 11.5 Å². The Bertz CT molecular complexity index is 395. The Balaban J connectivity index is 1.76. The molecule has 0 spiro atoms. The van der Waals surface area contributed by atoms with Gasteiger partial charge in [-0.15, -0.1) is 0 Å². The lowest BCUT2D eigenvalue weighted by molar-refractivity contribution is -0.897. The summed E-state index contributed by atoms with van der Waals surface area (Å²) in [5.74, 6) is 0. The van der Waals surface area contributed by atoms with E-state index in [9.17, 15) is 0 Å². The molecule has 1 aromatic carbocycles. The van der Waals surface area contributed by atoms with E-state index < -0.39 is 0 Å². The van der Waals surface area contributed by atoms with E-state index in [2.05, 4.69) is 7.05 Å². The van der Waals surface area contributed by atoms with E-state index in [1.165, 1.54) is 55.4 Å². The van der Waals surface area contributed by atoms with E-state index in [0.29, 0.717) is 0 Å². The topological polar surface area (TPSA) is 52.0 Å². The Kier molecular flexibility index (Phi) is 4.12. The van der Waals surface area contributed by atoms with Crippen molar-refractivity contribution >= 4 is 11.4 Å². The molecule has 0 atom stereocenters. The van der Waals surface area contributed by atoms with Crippen LogP contribution in [0, 0.1) is 0 Å². The number of nitrogen functional groups attached to an aromatic ring is 2. The second-order valence-corrected chi connectivity index (χ2v) is 5.91. The third-order valence-electron chi connectivity index (χ3n) is 4.21. The van der Waals surface area contributed by atoms with Crippen LogP contribution in [0.25, 0.3) is 0 Å². The molecule has 3 heteroatoms. The second kappa shape index (κ2) is 5.61. The van der Waals surface area contributed by atoms with Gasteiger partial charge in [-0.05, 0) is 43.0 Å². The molecule has 0 aromatic heterocycles. The maximum Gasteiger partial charge on any atom is 0.0786 e. The minimum Gasteiger partial charge on any atom is -0.399 e. The van der Waals surface area contributed by atoms with E-state index in [0.717, 1.165) is 17.8 Å². The zero-order chi connectivity index (χ0) is 13.0. The molecule has 18 heavy (non-hydrogen) atoms. The van der Waals surface area contributed by atoms with E-state index in [1.54, 1.807) is 0 Å². The largest absolute Gasteiger partial charge is 0.399 e.